The van der Waals surface area contributed by atoms with Crippen LogP contribution in [0.25, 0.3) is 11.0 Å². The molecule has 2 aromatic carbocycles. The Morgan fingerprint density at radius 2 is 1.71 bits per heavy atom. The number of imidazole rings is 1. The number of nitrogens with one attached hydrogen (secondary N) is 1. The van der Waals surface area contributed by atoms with Crippen LogP contribution in [0.3, 0.4) is 0 Å². The van der Waals surface area contributed by atoms with Crippen LogP contribution in [-0.4, -0.2) is 41.9 Å². The number of sulfonamides is 1. The van der Waals surface area contributed by atoms with E-state index in [9.17, 15) is 8.42 Å². The molecule has 1 N–H and O–H groups in total. The molecule has 0 aliphatic carbocycles. The largest absolute Gasteiger partial charge is 0.330 e. The van der Waals surface area contributed by atoms with Crippen molar-refractivity contribution in [3.63, 3.8) is 0 Å². The number of hydrogen-bond donors (Lipinski definition) is 1. The van der Waals surface area contributed by atoms with Gasteiger partial charge in [-0.15, -0.1) is 0 Å². The van der Waals surface area contributed by atoms with Crippen molar-refractivity contribution in [3.05, 3.63) is 60.4 Å². The van der Waals surface area contributed by atoms with Crippen molar-refractivity contribution in [1.29, 1.82) is 0 Å². The van der Waals surface area contributed by atoms with E-state index in [-0.39, 0.29) is 0 Å². The summed E-state index contributed by atoms with van der Waals surface area (Å²) in [5.74, 6) is 1.50. The summed E-state index contributed by atoms with van der Waals surface area (Å²) in [7, 11) is -1.33. The number of fused-ring (bicyclic) bond motifs is 1. The lowest BCUT2D eigenvalue weighted by Gasteiger charge is -2.31. The third-order valence-corrected chi connectivity index (χ3v) is 7.46. The van der Waals surface area contributed by atoms with Gasteiger partial charge >= 0.3 is 0 Å². The van der Waals surface area contributed by atoms with Crippen molar-refractivity contribution in [2.24, 2.45) is 13.0 Å². The normalized spacial score (nSPS) is 16.6. The Labute approximate surface area is 166 Å². The number of aryl methyl sites for hydroxylation is 1. The van der Waals surface area contributed by atoms with Crippen molar-refractivity contribution >= 4 is 21.1 Å². The summed E-state index contributed by atoms with van der Waals surface area (Å²) in [4.78, 5) is 5.07. The van der Waals surface area contributed by atoms with Gasteiger partial charge in [0, 0.05) is 20.1 Å². The van der Waals surface area contributed by atoms with Crippen molar-refractivity contribution in [2.45, 2.75) is 24.3 Å². The highest BCUT2D eigenvalue weighted by molar-refractivity contribution is 7.89. The maximum absolute atomic E-state index is 12.7. The van der Waals surface area contributed by atoms with E-state index in [2.05, 4.69) is 20.9 Å². The Morgan fingerprint density at radius 3 is 2.43 bits per heavy atom. The SMILES string of the molecule is Cn1c(CNCC2CCN(S(=O)(=O)c3ccccc3)CC2)nc2ccccc21. The summed E-state index contributed by atoms with van der Waals surface area (Å²) in [6.45, 7) is 2.75. The van der Waals surface area contributed by atoms with Gasteiger partial charge in [0.05, 0.1) is 22.5 Å². The Morgan fingerprint density at radius 1 is 1.04 bits per heavy atom. The van der Waals surface area contributed by atoms with Crippen LogP contribution < -0.4 is 5.32 Å². The van der Waals surface area contributed by atoms with E-state index in [1.54, 1.807) is 28.6 Å². The van der Waals surface area contributed by atoms with Crippen molar-refractivity contribution < 1.29 is 8.42 Å². The van der Waals surface area contributed by atoms with Crippen LogP contribution in [0.15, 0.2) is 59.5 Å². The van der Waals surface area contributed by atoms with Crippen molar-refractivity contribution in [1.82, 2.24) is 19.2 Å². The number of piperidine rings is 1. The van der Waals surface area contributed by atoms with Crippen LogP contribution >= 0.6 is 0 Å². The molecule has 1 aromatic heterocycles. The molecule has 3 aromatic rings. The summed E-state index contributed by atoms with van der Waals surface area (Å²) < 4.78 is 29.2. The van der Waals surface area contributed by atoms with Gasteiger partial charge in [-0.05, 0) is 49.6 Å². The highest BCUT2D eigenvalue weighted by Crippen LogP contribution is 2.23. The van der Waals surface area contributed by atoms with E-state index >= 15 is 0 Å². The number of nitrogens with zero attached hydrogens (tertiary/aromatic N) is 3. The molecule has 0 bridgehead atoms. The molecule has 2 heterocycles. The van der Waals surface area contributed by atoms with Crippen molar-refractivity contribution in [2.75, 3.05) is 19.6 Å². The standard InChI is InChI=1S/C21H26N4O2S/c1-24-20-10-6-5-9-19(20)23-21(24)16-22-15-17-11-13-25(14-12-17)28(26,27)18-7-3-2-4-8-18/h2-10,17,22H,11-16H2,1H3. The molecular formula is C21H26N4O2S. The van der Waals surface area contributed by atoms with Gasteiger partial charge in [0.1, 0.15) is 5.82 Å². The van der Waals surface area contributed by atoms with Gasteiger partial charge < -0.3 is 9.88 Å². The van der Waals surface area contributed by atoms with Crippen LogP contribution in [0.2, 0.25) is 0 Å². The summed E-state index contributed by atoms with van der Waals surface area (Å²) >= 11 is 0. The zero-order valence-electron chi connectivity index (χ0n) is 16.1. The Bertz CT molecular complexity index is 1040. The molecule has 0 atom stereocenters. The predicted octanol–water partition coefficient (Wildman–Crippen LogP) is 2.76. The third kappa shape index (κ3) is 3.83. The van der Waals surface area contributed by atoms with E-state index in [0.717, 1.165) is 36.2 Å². The smallest absolute Gasteiger partial charge is 0.243 e. The number of aromatic nitrogens is 2. The first-order chi connectivity index (χ1) is 13.6. The second kappa shape index (κ2) is 8.03. The summed E-state index contributed by atoms with van der Waals surface area (Å²) in [5.41, 5.74) is 2.15. The summed E-state index contributed by atoms with van der Waals surface area (Å²) in [6.07, 6.45) is 1.75. The van der Waals surface area contributed by atoms with Crippen molar-refractivity contribution in [3.8, 4) is 0 Å². The van der Waals surface area contributed by atoms with Crippen LogP contribution in [-0.2, 0) is 23.6 Å². The summed E-state index contributed by atoms with van der Waals surface area (Å²) in [6, 6.07) is 16.8. The number of rotatable bonds is 6. The quantitative estimate of drug-likeness (QED) is 0.693. The molecule has 1 aliphatic rings. The van der Waals surface area contributed by atoms with Gasteiger partial charge in [-0.25, -0.2) is 13.4 Å². The Hall–Kier alpha value is -2.22. The fraction of sp³-hybridized carbons (Fsp3) is 0.381. The zero-order chi connectivity index (χ0) is 19.6. The van der Waals surface area contributed by atoms with Gasteiger partial charge in [0.2, 0.25) is 10.0 Å². The monoisotopic (exact) mass is 398 g/mol. The molecule has 7 heteroatoms. The molecular weight excluding hydrogens is 372 g/mol. The third-order valence-electron chi connectivity index (χ3n) is 5.55. The molecule has 0 radical (unpaired) electrons. The fourth-order valence-electron chi connectivity index (χ4n) is 3.84. The molecule has 0 amide bonds. The molecule has 1 fully saturated rings. The molecule has 0 spiro atoms. The van der Waals surface area contributed by atoms with Gasteiger partial charge in [-0.1, -0.05) is 30.3 Å². The second-order valence-electron chi connectivity index (χ2n) is 7.37. The topological polar surface area (TPSA) is 67.2 Å². The Balaban J connectivity index is 1.29. The Kier molecular flexibility index (Phi) is 5.48. The first-order valence-electron chi connectivity index (χ1n) is 9.72. The van der Waals surface area contributed by atoms with E-state index in [1.165, 1.54) is 0 Å². The first-order valence-corrected chi connectivity index (χ1v) is 11.2. The lowest BCUT2D eigenvalue weighted by Crippen LogP contribution is -2.40. The molecule has 0 unspecified atom stereocenters. The lowest BCUT2D eigenvalue weighted by molar-refractivity contribution is 0.266. The van der Waals surface area contributed by atoms with Crippen LogP contribution in [0.4, 0.5) is 0 Å². The maximum atomic E-state index is 12.7. The molecule has 1 saturated heterocycles. The van der Waals surface area contributed by atoms with E-state index < -0.39 is 10.0 Å². The number of para-hydroxylation sites is 2. The van der Waals surface area contributed by atoms with Crippen LogP contribution in [0.5, 0.6) is 0 Å². The van der Waals surface area contributed by atoms with Gasteiger partial charge in [-0.2, -0.15) is 4.31 Å². The second-order valence-corrected chi connectivity index (χ2v) is 9.31. The lowest BCUT2D eigenvalue weighted by atomic mass is 9.98. The van der Waals surface area contributed by atoms with Crippen LogP contribution in [0, 0.1) is 5.92 Å². The highest BCUT2D eigenvalue weighted by atomic mass is 32.2. The molecule has 6 nitrogen and oxygen atoms in total. The van der Waals surface area contributed by atoms with E-state index in [1.807, 2.05) is 31.3 Å². The average Bonchev–Trinajstić information content (AvgIpc) is 3.05. The first kappa shape index (κ1) is 19.1. The molecule has 1 aliphatic heterocycles. The van der Waals surface area contributed by atoms with E-state index in [4.69, 9.17) is 0 Å². The number of benzene rings is 2. The number of hydrogen-bond acceptors (Lipinski definition) is 4. The molecule has 148 valence electrons. The average molecular weight is 399 g/mol. The minimum Gasteiger partial charge on any atom is -0.330 e. The molecule has 4 rings (SSSR count). The minimum absolute atomic E-state index is 0.383. The fourth-order valence-corrected chi connectivity index (χ4v) is 5.33. The predicted molar refractivity (Wildman–Crippen MR) is 110 cm³/mol. The van der Waals surface area contributed by atoms with E-state index in [0.29, 0.717) is 30.4 Å². The van der Waals surface area contributed by atoms with Gasteiger partial charge in [-0.3, -0.25) is 0 Å². The zero-order valence-corrected chi connectivity index (χ0v) is 16.9. The summed E-state index contributed by atoms with van der Waals surface area (Å²) in [5, 5.41) is 3.51. The molecule has 0 saturated carbocycles. The van der Waals surface area contributed by atoms with Gasteiger partial charge in [0.15, 0.2) is 0 Å². The molecule has 28 heavy (non-hydrogen) atoms. The highest BCUT2D eigenvalue weighted by Gasteiger charge is 2.29. The van der Waals surface area contributed by atoms with Gasteiger partial charge in [0.25, 0.3) is 0 Å². The maximum Gasteiger partial charge on any atom is 0.243 e. The van der Waals surface area contributed by atoms with Crippen LogP contribution in [0.1, 0.15) is 18.7 Å². The minimum atomic E-state index is -3.37.